The van der Waals surface area contributed by atoms with Crippen LogP contribution in [-0.2, 0) is 9.47 Å². The van der Waals surface area contributed by atoms with Gasteiger partial charge >= 0.3 is 5.97 Å². The maximum atomic E-state index is 14.0. The summed E-state index contributed by atoms with van der Waals surface area (Å²) in [5, 5.41) is 8.86. The first-order valence-corrected chi connectivity index (χ1v) is 6.00. The lowest BCUT2D eigenvalue weighted by molar-refractivity contribution is 0.0602. The Morgan fingerprint density at radius 3 is 3.05 bits per heavy atom. The Kier molecular flexibility index (Phi) is 4.05. The predicted octanol–water partition coefficient (Wildman–Crippen LogP) is 0.923. The maximum absolute atomic E-state index is 14.0. The van der Waals surface area contributed by atoms with Crippen LogP contribution in [0.1, 0.15) is 10.4 Å². The largest absolute Gasteiger partial charge is 0.465 e. The van der Waals surface area contributed by atoms with Gasteiger partial charge in [-0.2, -0.15) is 5.26 Å². The van der Waals surface area contributed by atoms with Gasteiger partial charge in [0.2, 0.25) is 0 Å². The Hall–Kier alpha value is -2.33. The van der Waals surface area contributed by atoms with Crippen molar-refractivity contribution < 1.29 is 18.7 Å². The molecule has 1 aliphatic heterocycles. The molecule has 1 saturated heterocycles. The highest BCUT2D eigenvalue weighted by Gasteiger charge is 2.24. The molecule has 1 aromatic carbocycles. The van der Waals surface area contributed by atoms with Crippen molar-refractivity contribution in [2.75, 3.05) is 37.4 Å². The number of nitriles is 1. The van der Waals surface area contributed by atoms with Crippen LogP contribution in [0.4, 0.5) is 15.8 Å². The van der Waals surface area contributed by atoms with E-state index in [0.29, 0.717) is 13.2 Å². The lowest BCUT2D eigenvalue weighted by Crippen LogP contribution is -2.42. The van der Waals surface area contributed by atoms with Gasteiger partial charge in [-0.05, 0) is 12.1 Å². The quantitative estimate of drug-likeness (QED) is 0.639. The number of rotatable bonds is 2. The Bertz CT molecular complexity index is 571. The van der Waals surface area contributed by atoms with Crippen LogP contribution in [-0.4, -0.2) is 38.9 Å². The average molecular weight is 279 g/mol. The van der Waals surface area contributed by atoms with E-state index >= 15 is 0 Å². The molecular weight excluding hydrogens is 265 g/mol. The van der Waals surface area contributed by atoms with Crippen LogP contribution in [0.5, 0.6) is 0 Å². The van der Waals surface area contributed by atoms with E-state index in [-0.39, 0.29) is 23.5 Å². The lowest BCUT2D eigenvalue weighted by Gasteiger charge is -2.32. The highest BCUT2D eigenvalue weighted by atomic mass is 19.1. The number of benzene rings is 1. The van der Waals surface area contributed by atoms with Gasteiger partial charge in [-0.15, -0.1) is 0 Å². The summed E-state index contributed by atoms with van der Waals surface area (Å²) in [6.45, 7) is 0.979. The van der Waals surface area contributed by atoms with Crippen LogP contribution in [0.2, 0.25) is 0 Å². The number of halogens is 1. The molecule has 1 aromatic rings. The number of nitrogens with two attached hydrogens (primary N) is 1. The molecule has 1 fully saturated rings. The SMILES string of the molecule is COC(=O)c1cc(N2CCOC(C#N)C2)c(F)cc1N. The van der Waals surface area contributed by atoms with E-state index in [1.807, 2.05) is 6.07 Å². The smallest absolute Gasteiger partial charge is 0.340 e. The van der Waals surface area contributed by atoms with Gasteiger partial charge in [0.1, 0.15) is 5.82 Å². The van der Waals surface area contributed by atoms with E-state index in [1.54, 1.807) is 4.90 Å². The first-order valence-electron chi connectivity index (χ1n) is 6.00. The number of hydrogen-bond acceptors (Lipinski definition) is 6. The summed E-state index contributed by atoms with van der Waals surface area (Å²) >= 11 is 0. The Labute approximate surface area is 115 Å². The van der Waals surface area contributed by atoms with Crippen LogP contribution in [0.15, 0.2) is 12.1 Å². The molecule has 1 unspecified atom stereocenters. The summed E-state index contributed by atoms with van der Waals surface area (Å²) < 4.78 is 23.8. The fourth-order valence-corrected chi connectivity index (χ4v) is 2.05. The third kappa shape index (κ3) is 2.65. The highest BCUT2D eigenvalue weighted by molar-refractivity contribution is 5.96. The van der Waals surface area contributed by atoms with Crippen molar-refractivity contribution in [1.82, 2.24) is 0 Å². The normalized spacial score (nSPS) is 18.4. The summed E-state index contributed by atoms with van der Waals surface area (Å²) in [7, 11) is 1.23. The molecule has 0 aromatic heterocycles. The first kappa shape index (κ1) is 14.1. The summed E-state index contributed by atoms with van der Waals surface area (Å²) in [6, 6.07) is 4.41. The Morgan fingerprint density at radius 2 is 2.40 bits per heavy atom. The third-order valence-electron chi connectivity index (χ3n) is 3.08. The van der Waals surface area contributed by atoms with E-state index < -0.39 is 17.9 Å². The molecule has 6 nitrogen and oxygen atoms in total. The summed E-state index contributed by atoms with van der Waals surface area (Å²) in [4.78, 5) is 13.2. The number of hydrogen-bond donors (Lipinski definition) is 1. The Morgan fingerprint density at radius 1 is 1.65 bits per heavy atom. The van der Waals surface area contributed by atoms with Crippen molar-refractivity contribution in [3.05, 3.63) is 23.5 Å². The fourth-order valence-electron chi connectivity index (χ4n) is 2.05. The number of nitrogens with zero attached hydrogens (tertiary/aromatic N) is 2. The molecule has 7 heteroatoms. The second kappa shape index (κ2) is 5.75. The summed E-state index contributed by atoms with van der Waals surface area (Å²) in [5.41, 5.74) is 5.94. The molecule has 1 aliphatic rings. The number of ether oxygens (including phenoxy) is 2. The highest BCUT2D eigenvalue weighted by Crippen LogP contribution is 2.27. The third-order valence-corrected chi connectivity index (χ3v) is 3.08. The molecule has 0 aliphatic carbocycles. The topological polar surface area (TPSA) is 88.6 Å². The zero-order chi connectivity index (χ0) is 14.7. The minimum atomic E-state index is -0.631. The van der Waals surface area contributed by atoms with Crippen molar-refractivity contribution >= 4 is 17.3 Å². The number of morpholine rings is 1. The van der Waals surface area contributed by atoms with Crippen LogP contribution >= 0.6 is 0 Å². The number of nitrogen functional groups attached to an aromatic ring is 1. The minimum Gasteiger partial charge on any atom is -0.465 e. The molecule has 2 rings (SSSR count). The summed E-state index contributed by atoms with van der Waals surface area (Å²) in [5.74, 6) is -1.18. The first-order chi connectivity index (χ1) is 9.56. The van der Waals surface area contributed by atoms with Gasteiger partial charge in [0.15, 0.2) is 6.10 Å². The van der Waals surface area contributed by atoms with Crippen molar-refractivity contribution in [1.29, 1.82) is 5.26 Å². The van der Waals surface area contributed by atoms with Crippen molar-refractivity contribution in [3.63, 3.8) is 0 Å². The van der Waals surface area contributed by atoms with Gasteiger partial charge < -0.3 is 20.1 Å². The minimum absolute atomic E-state index is 0.0168. The van der Waals surface area contributed by atoms with Crippen molar-refractivity contribution in [3.8, 4) is 6.07 Å². The number of carbonyl (C=O) groups is 1. The lowest BCUT2D eigenvalue weighted by atomic mass is 10.1. The van der Waals surface area contributed by atoms with E-state index in [0.717, 1.165) is 6.07 Å². The van der Waals surface area contributed by atoms with Gasteiger partial charge in [-0.25, -0.2) is 9.18 Å². The second-order valence-electron chi connectivity index (χ2n) is 4.32. The van der Waals surface area contributed by atoms with Gasteiger partial charge in [-0.1, -0.05) is 0 Å². The predicted molar refractivity (Wildman–Crippen MR) is 69.7 cm³/mol. The van der Waals surface area contributed by atoms with Crippen molar-refractivity contribution in [2.24, 2.45) is 0 Å². The number of anilines is 2. The number of esters is 1. The van der Waals surface area contributed by atoms with Gasteiger partial charge in [0.25, 0.3) is 0 Å². The molecule has 0 bridgehead atoms. The zero-order valence-electron chi connectivity index (χ0n) is 10.9. The molecule has 0 spiro atoms. The molecule has 1 atom stereocenters. The molecule has 2 N–H and O–H groups in total. The molecule has 0 amide bonds. The number of carbonyl (C=O) groups excluding carboxylic acids is 1. The van der Waals surface area contributed by atoms with E-state index in [2.05, 4.69) is 4.74 Å². The van der Waals surface area contributed by atoms with E-state index in [9.17, 15) is 9.18 Å². The van der Waals surface area contributed by atoms with Gasteiger partial charge in [-0.3, -0.25) is 0 Å². The second-order valence-corrected chi connectivity index (χ2v) is 4.32. The van der Waals surface area contributed by atoms with Crippen LogP contribution in [0, 0.1) is 17.1 Å². The van der Waals surface area contributed by atoms with Gasteiger partial charge in [0, 0.05) is 12.2 Å². The summed E-state index contributed by atoms with van der Waals surface area (Å²) in [6.07, 6.45) is -0.623. The molecular formula is C13H14FN3O3. The average Bonchev–Trinajstić information content (AvgIpc) is 2.46. The monoisotopic (exact) mass is 279 g/mol. The van der Waals surface area contributed by atoms with Crippen LogP contribution in [0.3, 0.4) is 0 Å². The van der Waals surface area contributed by atoms with E-state index in [1.165, 1.54) is 13.2 Å². The number of methoxy groups -OCH3 is 1. The van der Waals surface area contributed by atoms with Crippen LogP contribution in [0.25, 0.3) is 0 Å². The Balaban J connectivity index is 2.36. The van der Waals surface area contributed by atoms with E-state index in [4.69, 9.17) is 15.7 Å². The molecule has 0 radical (unpaired) electrons. The zero-order valence-corrected chi connectivity index (χ0v) is 10.9. The van der Waals surface area contributed by atoms with Gasteiger partial charge in [0.05, 0.1) is 37.6 Å². The molecule has 20 heavy (non-hydrogen) atoms. The van der Waals surface area contributed by atoms with Crippen molar-refractivity contribution in [2.45, 2.75) is 6.10 Å². The maximum Gasteiger partial charge on any atom is 0.340 e. The molecule has 1 heterocycles. The fraction of sp³-hybridized carbons (Fsp3) is 0.385. The van der Waals surface area contributed by atoms with Crippen LogP contribution < -0.4 is 10.6 Å². The molecule has 0 saturated carbocycles. The standard InChI is InChI=1S/C13H14FN3O3/c1-19-13(18)9-4-12(10(14)5-11(9)16)17-2-3-20-8(6-15)7-17/h4-5,8H,2-3,7,16H2,1H3. The molecule has 106 valence electrons.